The van der Waals surface area contributed by atoms with Gasteiger partial charge in [-0.15, -0.1) is 22.7 Å². The summed E-state index contributed by atoms with van der Waals surface area (Å²) in [6.07, 6.45) is 0.769. The van der Waals surface area contributed by atoms with Crippen molar-refractivity contribution in [3.63, 3.8) is 0 Å². The molecule has 0 saturated carbocycles. The number of rotatable bonds is 3. The number of aldehydes is 1. The van der Waals surface area contributed by atoms with E-state index in [1.54, 1.807) is 28.7 Å². The van der Waals surface area contributed by atoms with Crippen LogP contribution in [0.3, 0.4) is 0 Å². The van der Waals surface area contributed by atoms with Crippen molar-refractivity contribution in [1.29, 1.82) is 0 Å². The first-order chi connectivity index (χ1) is 8.86. The number of hydrogen-bond donors (Lipinski definition) is 0. The number of aromatic nitrogens is 1. The molecule has 0 aliphatic heterocycles. The summed E-state index contributed by atoms with van der Waals surface area (Å²) in [6.45, 7) is 0. The Morgan fingerprint density at radius 1 is 1.11 bits per heavy atom. The molecular formula is C14H8NOS2. The van der Waals surface area contributed by atoms with E-state index >= 15 is 0 Å². The molecule has 0 amide bonds. The second-order valence-electron chi connectivity index (χ2n) is 3.67. The van der Waals surface area contributed by atoms with Crippen LogP contribution in [0.5, 0.6) is 0 Å². The Kier molecular flexibility index (Phi) is 3.04. The first kappa shape index (κ1) is 11.3. The zero-order valence-electron chi connectivity index (χ0n) is 9.29. The van der Waals surface area contributed by atoms with E-state index < -0.39 is 0 Å². The standard InChI is InChI=1S/C14H8NOS2/c16-8-11-2-1-3-12(15-11)14-5-4-13(18-14)10-6-7-17-9-10/h1-8H. The maximum atomic E-state index is 10.7. The third-order valence-electron chi connectivity index (χ3n) is 2.49. The van der Waals surface area contributed by atoms with Crippen molar-refractivity contribution in [2.75, 3.05) is 0 Å². The van der Waals surface area contributed by atoms with Crippen LogP contribution in [0.1, 0.15) is 10.5 Å². The Bertz CT molecular complexity index is 671. The highest BCUT2D eigenvalue weighted by molar-refractivity contribution is 7.19. The fraction of sp³-hybridized carbons (Fsp3) is 0. The highest BCUT2D eigenvalue weighted by Gasteiger charge is 2.07. The van der Waals surface area contributed by atoms with Gasteiger partial charge < -0.3 is 0 Å². The summed E-state index contributed by atoms with van der Waals surface area (Å²) in [5.74, 6) is 0. The van der Waals surface area contributed by atoms with Crippen molar-refractivity contribution >= 4 is 29.0 Å². The third-order valence-corrected chi connectivity index (χ3v) is 4.24. The number of carbonyl (C=O) groups is 1. The van der Waals surface area contributed by atoms with Gasteiger partial charge in [0.15, 0.2) is 6.29 Å². The molecule has 18 heavy (non-hydrogen) atoms. The third kappa shape index (κ3) is 2.12. The molecule has 3 rings (SSSR count). The second kappa shape index (κ2) is 4.84. The Labute approximate surface area is 113 Å². The molecule has 0 bridgehead atoms. The van der Waals surface area contributed by atoms with E-state index in [0.717, 1.165) is 22.4 Å². The zero-order chi connectivity index (χ0) is 12.4. The Hall–Kier alpha value is -1.78. The van der Waals surface area contributed by atoms with Crippen LogP contribution in [0.2, 0.25) is 0 Å². The molecule has 0 unspecified atom stereocenters. The minimum absolute atomic E-state index is 0.463. The lowest BCUT2D eigenvalue weighted by Crippen LogP contribution is -1.87. The molecular weight excluding hydrogens is 262 g/mol. The molecule has 0 fully saturated rings. The van der Waals surface area contributed by atoms with E-state index in [1.807, 2.05) is 23.6 Å². The average molecular weight is 270 g/mol. The van der Waals surface area contributed by atoms with Crippen LogP contribution in [-0.2, 0) is 0 Å². The van der Waals surface area contributed by atoms with E-state index in [9.17, 15) is 4.79 Å². The normalized spacial score (nSPS) is 10.4. The van der Waals surface area contributed by atoms with E-state index in [0.29, 0.717) is 5.69 Å². The lowest BCUT2D eigenvalue weighted by molar-refractivity contribution is 0.111. The molecule has 0 aliphatic carbocycles. The van der Waals surface area contributed by atoms with Crippen molar-refractivity contribution < 1.29 is 4.79 Å². The largest absolute Gasteiger partial charge is 0.296 e. The van der Waals surface area contributed by atoms with E-state index in [-0.39, 0.29) is 0 Å². The summed E-state index contributed by atoms with van der Waals surface area (Å²) >= 11 is 3.23. The SMILES string of the molecule is O=Cc1cccc(-c2ccc(-c3[c]scc3)s2)n1. The molecule has 0 saturated heterocycles. The number of nitrogens with zero attached hydrogens (tertiary/aromatic N) is 1. The van der Waals surface area contributed by atoms with Gasteiger partial charge in [-0.05, 0) is 35.7 Å². The van der Waals surface area contributed by atoms with Crippen LogP contribution >= 0.6 is 22.7 Å². The molecule has 3 aromatic heterocycles. The van der Waals surface area contributed by atoms with Gasteiger partial charge in [-0.3, -0.25) is 4.79 Å². The second-order valence-corrected chi connectivity index (χ2v) is 5.46. The molecule has 0 spiro atoms. The number of thiophene rings is 2. The smallest absolute Gasteiger partial charge is 0.168 e. The summed E-state index contributed by atoms with van der Waals surface area (Å²) in [6, 6.07) is 11.6. The lowest BCUT2D eigenvalue weighted by atomic mass is 10.2. The van der Waals surface area contributed by atoms with Crippen LogP contribution in [0.25, 0.3) is 21.0 Å². The minimum atomic E-state index is 0.463. The predicted molar refractivity (Wildman–Crippen MR) is 75.1 cm³/mol. The summed E-state index contributed by atoms with van der Waals surface area (Å²) in [5, 5.41) is 5.23. The maximum Gasteiger partial charge on any atom is 0.168 e. The van der Waals surface area contributed by atoms with Crippen molar-refractivity contribution in [3.05, 3.63) is 52.9 Å². The molecule has 87 valence electrons. The van der Waals surface area contributed by atoms with Gasteiger partial charge in [-0.25, -0.2) is 4.98 Å². The molecule has 1 radical (unpaired) electrons. The summed E-state index contributed by atoms with van der Waals surface area (Å²) in [4.78, 5) is 17.2. The van der Waals surface area contributed by atoms with Crippen LogP contribution in [0.15, 0.2) is 41.8 Å². The minimum Gasteiger partial charge on any atom is -0.296 e. The summed E-state index contributed by atoms with van der Waals surface area (Å²) in [5.41, 5.74) is 2.42. The maximum absolute atomic E-state index is 10.7. The number of hydrogen-bond acceptors (Lipinski definition) is 4. The molecule has 0 aromatic carbocycles. The van der Waals surface area contributed by atoms with Gasteiger partial charge in [-0.1, -0.05) is 6.07 Å². The van der Waals surface area contributed by atoms with Crippen LogP contribution in [0.4, 0.5) is 0 Å². The van der Waals surface area contributed by atoms with Crippen LogP contribution < -0.4 is 0 Å². The van der Waals surface area contributed by atoms with E-state index in [1.165, 1.54) is 4.88 Å². The average Bonchev–Trinajstić information content (AvgIpc) is 3.09. The molecule has 3 aromatic rings. The Balaban J connectivity index is 2.00. The highest BCUT2D eigenvalue weighted by Crippen LogP contribution is 2.34. The van der Waals surface area contributed by atoms with Gasteiger partial charge in [-0.2, -0.15) is 0 Å². The molecule has 4 heteroatoms. The number of carbonyl (C=O) groups excluding carboxylic acids is 1. The zero-order valence-corrected chi connectivity index (χ0v) is 10.9. The van der Waals surface area contributed by atoms with E-state index in [4.69, 9.17) is 0 Å². The molecule has 0 N–H and O–H groups in total. The first-order valence-corrected chi connectivity index (χ1v) is 7.04. The van der Waals surface area contributed by atoms with Crippen molar-refractivity contribution in [3.8, 4) is 21.0 Å². The molecule has 2 nitrogen and oxygen atoms in total. The van der Waals surface area contributed by atoms with Crippen molar-refractivity contribution in [1.82, 2.24) is 4.98 Å². The summed E-state index contributed by atoms with van der Waals surface area (Å²) < 4.78 is 0. The Morgan fingerprint density at radius 3 is 2.78 bits per heavy atom. The van der Waals surface area contributed by atoms with Crippen LogP contribution in [-0.4, -0.2) is 11.3 Å². The fourth-order valence-corrected chi connectivity index (χ4v) is 3.24. The molecule has 3 heterocycles. The van der Waals surface area contributed by atoms with Gasteiger partial charge in [0.05, 0.1) is 16.0 Å². The Morgan fingerprint density at radius 2 is 2.00 bits per heavy atom. The van der Waals surface area contributed by atoms with Gasteiger partial charge >= 0.3 is 0 Å². The quantitative estimate of drug-likeness (QED) is 0.669. The van der Waals surface area contributed by atoms with E-state index in [2.05, 4.69) is 22.5 Å². The molecule has 0 atom stereocenters. The van der Waals surface area contributed by atoms with Crippen molar-refractivity contribution in [2.24, 2.45) is 0 Å². The van der Waals surface area contributed by atoms with Gasteiger partial charge in [0.25, 0.3) is 0 Å². The predicted octanol–water partition coefficient (Wildman–Crippen LogP) is 4.15. The van der Waals surface area contributed by atoms with Gasteiger partial charge in [0.2, 0.25) is 0 Å². The highest BCUT2D eigenvalue weighted by atomic mass is 32.1. The molecule has 0 aliphatic rings. The number of pyridine rings is 1. The fourth-order valence-electron chi connectivity index (χ4n) is 1.64. The summed E-state index contributed by atoms with van der Waals surface area (Å²) in [7, 11) is 0. The monoisotopic (exact) mass is 270 g/mol. The lowest BCUT2D eigenvalue weighted by Gasteiger charge is -1.96. The van der Waals surface area contributed by atoms with Gasteiger partial charge in [0, 0.05) is 10.4 Å². The van der Waals surface area contributed by atoms with Gasteiger partial charge in [0.1, 0.15) is 5.69 Å². The van der Waals surface area contributed by atoms with Crippen LogP contribution in [0, 0.1) is 5.38 Å². The van der Waals surface area contributed by atoms with Crippen molar-refractivity contribution in [2.45, 2.75) is 0 Å². The topological polar surface area (TPSA) is 30.0 Å². The first-order valence-electron chi connectivity index (χ1n) is 5.35.